The summed E-state index contributed by atoms with van der Waals surface area (Å²) in [6, 6.07) is 13.8. The second-order valence-corrected chi connectivity index (χ2v) is 6.68. The Morgan fingerprint density at radius 1 is 1.13 bits per heavy atom. The zero-order chi connectivity index (χ0) is 22.2. The number of hydrogen-bond acceptors (Lipinski definition) is 6. The van der Waals surface area contributed by atoms with E-state index in [4.69, 9.17) is 9.47 Å². The number of carbonyl (C=O) groups excluding carboxylic acids is 1. The molecule has 0 aliphatic carbocycles. The number of hydrogen-bond donors (Lipinski definition) is 2. The van der Waals surface area contributed by atoms with Gasteiger partial charge in [0.05, 0.1) is 25.1 Å². The third kappa shape index (κ3) is 5.67. The molecule has 31 heavy (non-hydrogen) atoms. The van der Waals surface area contributed by atoms with Crippen molar-refractivity contribution in [3.8, 4) is 5.75 Å². The number of methoxy groups -OCH3 is 2. The van der Waals surface area contributed by atoms with Crippen molar-refractivity contribution in [1.82, 2.24) is 9.97 Å². The lowest BCUT2D eigenvalue weighted by molar-refractivity contribution is 0.190. The number of halogens is 1. The van der Waals surface area contributed by atoms with Gasteiger partial charge in [-0.25, -0.2) is 19.1 Å². The SMILES string of the molecule is COCC(C)Nc1nccc(N(C(=O)Nc2ccccc2F)c2ccc(OC)cc2)n1. The van der Waals surface area contributed by atoms with Crippen LogP contribution in [0.15, 0.2) is 60.8 Å². The van der Waals surface area contributed by atoms with Gasteiger partial charge in [-0.1, -0.05) is 12.1 Å². The summed E-state index contributed by atoms with van der Waals surface area (Å²) in [4.78, 5) is 23.2. The second kappa shape index (κ2) is 10.4. The molecule has 3 aromatic rings. The predicted octanol–water partition coefficient (Wildman–Crippen LogP) is 4.44. The number of ether oxygens (including phenoxy) is 2. The molecule has 0 spiro atoms. The normalized spacial score (nSPS) is 11.5. The number of benzene rings is 2. The number of para-hydroxylation sites is 1. The lowest BCUT2D eigenvalue weighted by atomic mass is 10.2. The Balaban J connectivity index is 1.95. The first kappa shape index (κ1) is 22.0. The molecule has 1 heterocycles. The maximum absolute atomic E-state index is 14.1. The highest BCUT2D eigenvalue weighted by Crippen LogP contribution is 2.28. The van der Waals surface area contributed by atoms with E-state index in [9.17, 15) is 9.18 Å². The summed E-state index contributed by atoms with van der Waals surface area (Å²) in [5.74, 6) is 0.737. The zero-order valence-electron chi connectivity index (χ0n) is 17.5. The quantitative estimate of drug-likeness (QED) is 0.555. The first-order valence-electron chi connectivity index (χ1n) is 9.60. The van der Waals surface area contributed by atoms with Crippen molar-refractivity contribution in [2.45, 2.75) is 13.0 Å². The number of anilines is 4. The van der Waals surface area contributed by atoms with Crippen LogP contribution in [0.5, 0.6) is 5.75 Å². The summed E-state index contributed by atoms with van der Waals surface area (Å²) < 4.78 is 24.4. The summed E-state index contributed by atoms with van der Waals surface area (Å²) in [6.45, 7) is 2.38. The highest BCUT2D eigenvalue weighted by Gasteiger charge is 2.21. The van der Waals surface area contributed by atoms with E-state index in [1.165, 1.54) is 23.2 Å². The number of nitrogens with zero attached hydrogens (tertiary/aromatic N) is 3. The van der Waals surface area contributed by atoms with E-state index >= 15 is 0 Å². The lowest BCUT2D eigenvalue weighted by Crippen LogP contribution is -2.32. The van der Waals surface area contributed by atoms with Crippen LogP contribution in [0.1, 0.15) is 6.92 Å². The number of carbonyl (C=O) groups is 1. The fourth-order valence-electron chi connectivity index (χ4n) is 2.87. The molecule has 0 aliphatic rings. The maximum atomic E-state index is 14.1. The highest BCUT2D eigenvalue weighted by atomic mass is 19.1. The largest absolute Gasteiger partial charge is 0.497 e. The van der Waals surface area contributed by atoms with Gasteiger partial charge in [0.2, 0.25) is 5.95 Å². The van der Waals surface area contributed by atoms with E-state index < -0.39 is 11.8 Å². The van der Waals surface area contributed by atoms with Crippen molar-refractivity contribution in [2.75, 3.05) is 36.4 Å². The number of rotatable bonds is 8. The first-order chi connectivity index (χ1) is 15.0. The molecule has 162 valence electrons. The molecule has 1 atom stereocenters. The van der Waals surface area contributed by atoms with Crippen LogP contribution in [0.3, 0.4) is 0 Å². The van der Waals surface area contributed by atoms with Crippen LogP contribution in [-0.2, 0) is 4.74 Å². The summed E-state index contributed by atoms with van der Waals surface area (Å²) in [5, 5.41) is 5.72. The van der Waals surface area contributed by atoms with Gasteiger partial charge in [-0.2, -0.15) is 4.98 Å². The van der Waals surface area contributed by atoms with Crippen LogP contribution >= 0.6 is 0 Å². The van der Waals surface area contributed by atoms with Gasteiger partial charge < -0.3 is 20.1 Å². The number of urea groups is 1. The summed E-state index contributed by atoms with van der Waals surface area (Å²) in [6.07, 6.45) is 1.54. The van der Waals surface area contributed by atoms with Gasteiger partial charge in [-0.15, -0.1) is 0 Å². The van der Waals surface area contributed by atoms with Crippen LogP contribution in [0.4, 0.5) is 32.3 Å². The Morgan fingerprint density at radius 3 is 2.55 bits per heavy atom. The molecule has 1 aromatic heterocycles. The van der Waals surface area contributed by atoms with Crippen LogP contribution in [0.2, 0.25) is 0 Å². The summed E-state index contributed by atoms with van der Waals surface area (Å²) >= 11 is 0. The van der Waals surface area contributed by atoms with Crippen molar-refractivity contribution >= 4 is 29.2 Å². The van der Waals surface area contributed by atoms with Crippen molar-refractivity contribution < 1.29 is 18.7 Å². The first-order valence-corrected chi connectivity index (χ1v) is 9.60. The minimum absolute atomic E-state index is 0.0399. The molecule has 2 aromatic carbocycles. The van der Waals surface area contributed by atoms with Crippen molar-refractivity contribution in [3.63, 3.8) is 0 Å². The molecule has 0 saturated heterocycles. The van der Waals surface area contributed by atoms with E-state index in [0.29, 0.717) is 29.8 Å². The molecule has 2 N–H and O–H groups in total. The third-order valence-corrected chi connectivity index (χ3v) is 4.31. The van der Waals surface area contributed by atoms with Crippen molar-refractivity contribution in [3.05, 3.63) is 66.6 Å². The Kier molecular flexibility index (Phi) is 7.34. The van der Waals surface area contributed by atoms with Gasteiger partial charge >= 0.3 is 6.03 Å². The molecule has 0 radical (unpaired) electrons. The zero-order valence-corrected chi connectivity index (χ0v) is 17.5. The molecule has 2 amide bonds. The molecule has 0 fully saturated rings. The maximum Gasteiger partial charge on any atom is 0.332 e. The molecule has 0 aliphatic heterocycles. The molecular formula is C22H24FN5O3. The van der Waals surface area contributed by atoms with E-state index in [1.54, 1.807) is 56.7 Å². The van der Waals surface area contributed by atoms with E-state index in [-0.39, 0.29) is 11.7 Å². The van der Waals surface area contributed by atoms with Gasteiger partial charge in [-0.05, 0) is 43.3 Å². The molecule has 8 nitrogen and oxygen atoms in total. The van der Waals surface area contributed by atoms with Crippen LogP contribution in [0, 0.1) is 5.82 Å². The van der Waals surface area contributed by atoms with E-state index in [0.717, 1.165) is 0 Å². The number of amides is 2. The van der Waals surface area contributed by atoms with Gasteiger partial charge in [0, 0.05) is 25.4 Å². The van der Waals surface area contributed by atoms with Crippen LogP contribution in [0.25, 0.3) is 0 Å². The van der Waals surface area contributed by atoms with Gasteiger partial charge in [0.1, 0.15) is 17.4 Å². The average molecular weight is 425 g/mol. The van der Waals surface area contributed by atoms with Gasteiger partial charge in [0.25, 0.3) is 0 Å². The molecule has 3 rings (SSSR count). The molecule has 9 heteroatoms. The summed E-state index contributed by atoms with van der Waals surface area (Å²) in [5.41, 5.74) is 0.580. The fraction of sp³-hybridized carbons (Fsp3) is 0.227. The molecule has 0 bridgehead atoms. The van der Waals surface area contributed by atoms with E-state index in [2.05, 4.69) is 20.6 Å². The number of nitrogens with one attached hydrogen (secondary N) is 2. The predicted molar refractivity (Wildman–Crippen MR) is 118 cm³/mol. The van der Waals surface area contributed by atoms with Gasteiger partial charge in [0.15, 0.2) is 0 Å². The smallest absolute Gasteiger partial charge is 0.332 e. The van der Waals surface area contributed by atoms with E-state index in [1.807, 2.05) is 6.92 Å². The minimum atomic E-state index is -0.579. The summed E-state index contributed by atoms with van der Waals surface area (Å²) in [7, 11) is 3.16. The molecule has 1 unspecified atom stereocenters. The average Bonchev–Trinajstić information content (AvgIpc) is 2.76. The van der Waals surface area contributed by atoms with Crippen molar-refractivity contribution in [1.29, 1.82) is 0 Å². The van der Waals surface area contributed by atoms with Crippen LogP contribution < -0.4 is 20.3 Å². The standard InChI is InChI=1S/C22H24FN5O3/c1-15(14-30-2)25-21-24-13-12-20(27-21)28(16-8-10-17(31-3)11-9-16)22(29)26-19-7-5-4-6-18(19)23/h4-13,15H,14H2,1-3H3,(H,26,29)(H,24,25,27). The minimum Gasteiger partial charge on any atom is -0.497 e. The highest BCUT2D eigenvalue weighted by molar-refractivity contribution is 6.06. The Hall–Kier alpha value is -3.72. The monoisotopic (exact) mass is 425 g/mol. The topological polar surface area (TPSA) is 88.6 Å². The Labute approximate surface area is 180 Å². The molecule has 0 saturated carbocycles. The Bertz CT molecular complexity index is 1020. The number of aromatic nitrogens is 2. The van der Waals surface area contributed by atoms with Crippen molar-refractivity contribution in [2.24, 2.45) is 0 Å². The molecular weight excluding hydrogens is 401 g/mol. The van der Waals surface area contributed by atoms with Gasteiger partial charge in [-0.3, -0.25) is 0 Å². The third-order valence-electron chi connectivity index (χ3n) is 4.31. The van der Waals surface area contributed by atoms with Crippen LogP contribution in [-0.4, -0.2) is 42.9 Å². The second-order valence-electron chi connectivity index (χ2n) is 6.68. The lowest BCUT2D eigenvalue weighted by Gasteiger charge is -2.23. The Morgan fingerprint density at radius 2 is 1.87 bits per heavy atom. The fourth-order valence-corrected chi connectivity index (χ4v) is 2.87.